The summed E-state index contributed by atoms with van der Waals surface area (Å²) in [7, 11) is 4.00. The number of nitrogens with one attached hydrogen (secondary N) is 2. The predicted octanol–water partition coefficient (Wildman–Crippen LogP) is 2.83. The lowest BCUT2D eigenvalue weighted by molar-refractivity contribution is -0.113. The van der Waals surface area contributed by atoms with E-state index in [0.29, 0.717) is 23.5 Å². The SMILES string of the molecule is CN(C)[C@H](CNC(=O)c1ccc2c(c1)NC(=O)CS2)c1cccs1. The van der Waals surface area contributed by atoms with Crippen LogP contribution in [0.3, 0.4) is 0 Å². The van der Waals surface area contributed by atoms with Gasteiger partial charge < -0.3 is 15.5 Å². The molecule has 1 atom stereocenters. The number of thioether (sulfide) groups is 1. The van der Waals surface area contributed by atoms with Crippen molar-refractivity contribution in [2.75, 3.05) is 31.7 Å². The van der Waals surface area contributed by atoms with Crippen LogP contribution in [0.2, 0.25) is 0 Å². The van der Waals surface area contributed by atoms with Crippen molar-refractivity contribution >= 4 is 40.6 Å². The van der Waals surface area contributed by atoms with E-state index in [-0.39, 0.29) is 17.9 Å². The highest BCUT2D eigenvalue weighted by Gasteiger charge is 2.19. The maximum Gasteiger partial charge on any atom is 0.251 e. The van der Waals surface area contributed by atoms with Crippen LogP contribution in [0.25, 0.3) is 0 Å². The molecule has 2 N–H and O–H groups in total. The van der Waals surface area contributed by atoms with E-state index in [2.05, 4.69) is 21.6 Å². The molecule has 1 aliphatic rings. The van der Waals surface area contributed by atoms with Gasteiger partial charge in [0.1, 0.15) is 0 Å². The van der Waals surface area contributed by atoms with Gasteiger partial charge in [-0.1, -0.05) is 6.07 Å². The third kappa shape index (κ3) is 3.80. The molecule has 7 heteroatoms. The van der Waals surface area contributed by atoms with Gasteiger partial charge in [0.2, 0.25) is 5.91 Å². The third-order valence-electron chi connectivity index (χ3n) is 3.83. The Balaban J connectivity index is 1.68. The summed E-state index contributed by atoms with van der Waals surface area (Å²) >= 11 is 3.17. The van der Waals surface area contributed by atoms with Gasteiger partial charge in [-0.2, -0.15) is 0 Å². The van der Waals surface area contributed by atoms with Gasteiger partial charge in [0.15, 0.2) is 0 Å². The molecule has 0 aliphatic carbocycles. The normalized spacial score (nSPS) is 14.9. The topological polar surface area (TPSA) is 61.4 Å². The summed E-state index contributed by atoms with van der Waals surface area (Å²) in [5.74, 6) is 0.255. The fourth-order valence-electron chi connectivity index (χ4n) is 2.53. The highest BCUT2D eigenvalue weighted by atomic mass is 32.2. The molecule has 126 valence electrons. The van der Waals surface area contributed by atoms with Gasteiger partial charge in [-0.25, -0.2) is 0 Å². The molecule has 0 radical (unpaired) electrons. The molecule has 5 nitrogen and oxygen atoms in total. The van der Waals surface area contributed by atoms with Crippen molar-refractivity contribution in [1.29, 1.82) is 0 Å². The van der Waals surface area contributed by atoms with E-state index in [1.807, 2.05) is 31.6 Å². The minimum absolute atomic E-state index is 0.0320. The Labute approximate surface area is 149 Å². The number of hydrogen-bond donors (Lipinski definition) is 2. The Bertz CT molecular complexity index is 744. The van der Waals surface area contributed by atoms with Crippen LogP contribution in [0.5, 0.6) is 0 Å². The molecule has 0 saturated heterocycles. The zero-order valence-electron chi connectivity index (χ0n) is 13.5. The van der Waals surface area contributed by atoms with Gasteiger partial charge >= 0.3 is 0 Å². The van der Waals surface area contributed by atoms with Crippen molar-refractivity contribution < 1.29 is 9.59 Å². The first-order valence-electron chi connectivity index (χ1n) is 7.59. The first-order valence-corrected chi connectivity index (χ1v) is 9.46. The van der Waals surface area contributed by atoms with Gasteiger partial charge in [-0.3, -0.25) is 9.59 Å². The summed E-state index contributed by atoms with van der Waals surface area (Å²) in [4.78, 5) is 28.3. The molecule has 0 fully saturated rings. The summed E-state index contributed by atoms with van der Waals surface area (Å²) in [5, 5.41) is 7.85. The number of likely N-dealkylation sites (N-methyl/N-ethyl adjacent to an activating group) is 1. The van der Waals surface area contributed by atoms with E-state index in [1.165, 1.54) is 16.6 Å². The maximum absolute atomic E-state index is 12.5. The maximum atomic E-state index is 12.5. The molecule has 2 heterocycles. The number of rotatable bonds is 5. The minimum atomic E-state index is -0.133. The minimum Gasteiger partial charge on any atom is -0.350 e. The van der Waals surface area contributed by atoms with Gasteiger partial charge in [0.25, 0.3) is 5.91 Å². The lowest BCUT2D eigenvalue weighted by Crippen LogP contribution is -2.34. The fraction of sp³-hybridized carbons (Fsp3) is 0.294. The second-order valence-electron chi connectivity index (χ2n) is 5.75. The van der Waals surface area contributed by atoms with Crippen molar-refractivity contribution in [2.24, 2.45) is 0 Å². The van der Waals surface area contributed by atoms with Crippen LogP contribution in [0, 0.1) is 0 Å². The first kappa shape index (κ1) is 17.0. The number of amides is 2. The molecule has 1 aliphatic heterocycles. The second kappa shape index (κ2) is 7.38. The van der Waals surface area contributed by atoms with Gasteiger partial charge in [0.05, 0.1) is 17.5 Å². The second-order valence-corrected chi connectivity index (χ2v) is 7.75. The van der Waals surface area contributed by atoms with Gasteiger partial charge in [-0.05, 0) is 43.7 Å². The van der Waals surface area contributed by atoms with E-state index in [0.717, 1.165) is 4.90 Å². The smallest absolute Gasteiger partial charge is 0.251 e. The molecule has 0 saturated carbocycles. The van der Waals surface area contributed by atoms with Crippen molar-refractivity contribution in [3.05, 3.63) is 46.2 Å². The quantitative estimate of drug-likeness (QED) is 0.860. The number of fused-ring (bicyclic) bond motifs is 1. The molecule has 1 aromatic heterocycles. The zero-order chi connectivity index (χ0) is 17.1. The molecule has 24 heavy (non-hydrogen) atoms. The molecule has 2 aromatic rings. The Morgan fingerprint density at radius 2 is 2.21 bits per heavy atom. The average Bonchev–Trinajstić information content (AvgIpc) is 3.08. The van der Waals surface area contributed by atoms with Crippen LogP contribution in [0.1, 0.15) is 21.3 Å². The largest absolute Gasteiger partial charge is 0.350 e. The molecule has 1 aromatic carbocycles. The highest BCUT2D eigenvalue weighted by Crippen LogP contribution is 2.32. The van der Waals surface area contributed by atoms with E-state index >= 15 is 0 Å². The lowest BCUT2D eigenvalue weighted by atomic mass is 10.1. The van der Waals surface area contributed by atoms with Crippen LogP contribution >= 0.6 is 23.1 Å². The van der Waals surface area contributed by atoms with Crippen LogP contribution in [-0.2, 0) is 4.79 Å². The molecular formula is C17H19N3O2S2. The Morgan fingerprint density at radius 3 is 2.92 bits per heavy atom. The molecule has 3 rings (SSSR count). The number of carbonyl (C=O) groups is 2. The van der Waals surface area contributed by atoms with E-state index in [9.17, 15) is 9.59 Å². The number of anilines is 1. The predicted molar refractivity (Wildman–Crippen MR) is 98.9 cm³/mol. The van der Waals surface area contributed by atoms with Gasteiger partial charge in [-0.15, -0.1) is 23.1 Å². The van der Waals surface area contributed by atoms with Crippen LogP contribution in [-0.4, -0.2) is 43.1 Å². The zero-order valence-corrected chi connectivity index (χ0v) is 15.2. The third-order valence-corrected chi connectivity index (χ3v) is 5.87. The summed E-state index contributed by atoms with van der Waals surface area (Å²) in [6, 6.07) is 9.66. The van der Waals surface area contributed by atoms with Crippen LogP contribution in [0.4, 0.5) is 5.69 Å². The summed E-state index contributed by atoms with van der Waals surface area (Å²) in [6.45, 7) is 0.532. The molecular weight excluding hydrogens is 342 g/mol. The van der Waals surface area contributed by atoms with Crippen LogP contribution < -0.4 is 10.6 Å². The molecule has 0 spiro atoms. The number of hydrogen-bond acceptors (Lipinski definition) is 5. The van der Waals surface area contributed by atoms with E-state index < -0.39 is 0 Å². The van der Waals surface area contributed by atoms with Crippen molar-refractivity contribution in [3.63, 3.8) is 0 Å². The summed E-state index contributed by atoms with van der Waals surface area (Å²) in [5.41, 5.74) is 1.27. The Morgan fingerprint density at radius 1 is 1.38 bits per heavy atom. The number of nitrogens with zero attached hydrogens (tertiary/aromatic N) is 1. The monoisotopic (exact) mass is 361 g/mol. The fourth-order valence-corrected chi connectivity index (χ4v) is 4.25. The molecule has 0 bridgehead atoms. The van der Waals surface area contributed by atoms with E-state index in [1.54, 1.807) is 23.5 Å². The van der Waals surface area contributed by atoms with Crippen LogP contribution in [0.15, 0.2) is 40.6 Å². The number of carbonyl (C=O) groups excluding carboxylic acids is 2. The Kier molecular flexibility index (Phi) is 5.23. The molecule has 0 unspecified atom stereocenters. The average molecular weight is 361 g/mol. The highest BCUT2D eigenvalue weighted by molar-refractivity contribution is 8.00. The Hall–Kier alpha value is -1.83. The standard InChI is InChI=1S/C17H19N3O2S2/c1-20(2)13(15-4-3-7-23-15)9-18-17(22)11-5-6-14-12(8-11)19-16(21)10-24-14/h3-8,13H,9-10H2,1-2H3,(H,18,22)(H,19,21)/t13-/m1/s1. The number of thiophene rings is 1. The van der Waals surface area contributed by atoms with Crippen molar-refractivity contribution in [3.8, 4) is 0 Å². The van der Waals surface area contributed by atoms with Crippen molar-refractivity contribution in [2.45, 2.75) is 10.9 Å². The lowest BCUT2D eigenvalue weighted by Gasteiger charge is -2.23. The first-order chi connectivity index (χ1) is 11.5. The van der Waals surface area contributed by atoms with Crippen molar-refractivity contribution in [1.82, 2.24) is 10.2 Å². The van der Waals surface area contributed by atoms with Gasteiger partial charge in [0, 0.05) is 21.9 Å². The molecule has 2 amide bonds. The summed E-state index contributed by atoms with van der Waals surface area (Å²) < 4.78 is 0. The van der Waals surface area contributed by atoms with E-state index in [4.69, 9.17) is 0 Å². The number of benzene rings is 1. The summed E-state index contributed by atoms with van der Waals surface area (Å²) in [6.07, 6.45) is 0.